The highest BCUT2D eigenvalue weighted by Gasteiger charge is 2.29. The maximum absolute atomic E-state index is 13.2. The van der Waals surface area contributed by atoms with Crippen molar-refractivity contribution in [1.82, 2.24) is 9.80 Å². The molecule has 0 radical (unpaired) electrons. The molecule has 186 valence electrons. The summed E-state index contributed by atoms with van der Waals surface area (Å²) >= 11 is 0. The predicted octanol–water partition coefficient (Wildman–Crippen LogP) is 3.97. The number of anilines is 2. The van der Waals surface area contributed by atoms with E-state index >= 15 is 0 Å². The number of likely N-dealkylation sites (N-methyl/N-ethyl adjacent to an activating group) is 1. The summed E-state index contributed by atoms with van der Waals surface area (Å²) < 4.78 is 11.1. The number of ether oxygens (including phenoxy) is 2. The van der Waals surface area contributed by atoms with Gasteiger partial charge in [-0.3, -0.25) is 9.69 Å². The van der Waals surface area contributed by atoms with Gasteiger partial charge in [-0.1, -0.05) is 18.2 Å². The normalized spacial score (nSPS) is 18.2. The fraction of sp³-hybridized carbons (Fsp3) is 0.241. The Morgan fingerprint density at radius 1 is 1.00 bits per heavy atom. The third kappa shape index (κ3) is 4.62. The van der Waals surface area contributed by atoms with Crippen LogP contribution in [0.1, 0.15) is 22.3 Å². The summed E-state index contributed by atoms with van der Waals surface area (Å²) in [6.45, 7) is 5.41. The second kappa shape index (κ2) is 9.62. The summed E-state index contributed by atoms with van der Waals surface area (Å²) in [4.78, 5) is 18.0. The van der Waals surface area contributed by atoms with Crippen molar-refractivity contribution in [2.45, 2.75) is 6.54 Å². The van der Waals surface area contributed by atoms with Crippen LogP contribution in [-0.4, -0.2) is 55.7 Å². The number of fused-ring (bicyclic) bond motifs is 2. The molecule has 0 unspecified atom stereocenters. The lowest BCUT2D eigenvalue weighted by molar-refractivity contribution is -0.110. The molecule has 3 aromatic carbocycles. The lowest BCUT2D eigenvalue weighted by atomic mass is 9.98. The van der Waals surface area contributed by atoms with Gasteiger partial charge in [-0.25, -0.2) is 0 Å². The molecule has 3 aliphatic rings. The first-order valence-corrected chi connectivity index (χ1v) is 12.3. The van der Waals surface area contributed by atoms with Crippen LogP contribution in [0.3, 0.4) is 0 Å². The van der Waals surface area contributed by atoms with Crippen LogP contribution in [0, 0.1) is 11.3 Å². The van der Waals surface area contributed by atoms with E-state index in [1.165, 1.54) is 5.56 Å². The second-order valence-corrected chi connectivity index (χ2v) is 9.55. The smallest absolute Gasteiger partial charge is 0.258 e. The molecule has 3 aliphatic heterocycles. The highest BCUT2D eigenvalue weighted by molar-refractivity contribution is 6.37. The Labute approximate surface area is 215 Å². The lowest BCUT2D eigenvalue weighted by Gasteiger charge is -2.32. The quantitative estimate of drug-likeness (QED) is 0.520. The van der Waals surface area contributed by atoms with E-state index in [1.54, 1.807) is 12.1 Å². The average molecular weight is 494 g/mol. The fourth-order valence-electron chi connectivity index (χ4n) is 4.92. The van der Waals surface area contributed by atoms with Crippen LogP contribution in [0.5, 0.6) is 11.5 Å². The molecule has 2 N–H and O–H groups in total. The summed E-state index contributed by atoms with van der Waals surface area (Å²) in [6, 6.07) is 21.4. The lowest BCUT2D eigenvalue weighted by Crippen LogP contribution is -2.43. The number of piperazine rings is 1. The van der Waals surface area contributed by atoms with Crippen molar-refractivity contribution in [1.29, 1.82) is 5.26 Å². The maximum atomic E-state index is 13.2. The number of carbonyl (C=O) groups is 1. The van der Waals surface area contributed by atoms with E-state index in [4.69, 9.17) is 9.47 Å². The SMILES string of the molecule is CN1CCN(Cc2ccc(N/C(=C3\C(=O)Nc4cc(C#N)ccc43)c3ccc4c(c3)OCO4)cc2)CC1. The molecule has 8 heteroatoms. The van der Waals surface area contributed by atoms with E-state index in [9.17, 15) is 10.1 Å². The Bertz CT molecular complexity index is 1430. The molecule has 3 aromatic rings. The maximum Gasteiger partial charge on any atom is 0.258 e. The first kappa shape index (κ1) is 23.1. The molecule has 0 bridgehead atoms. The van der Waals surface area contributed by atoms with Gasteiger partial charge in [0.15, 0.2) is 11.5 Å². The molecule has 3 heterocycles. The Morgan fingerprint density at radius 2 is 1.78 bits per heavy atom. The number of hydrogen-bond acceptors (Lipinski definition) is 7. The Morgan fingerprint density at radius 3 is 2.57 bits per heavy atom. The molecule has 0 aliphatic carbocycles. The van der Waals surface area contributed by atoms with Crippen molar-refractivity contribution >= 4 is 28.6 Å². The molecule has 0 saturated carbocycles. The van der Waals surface area contributed by atoms with Gasteiger partial charge in [-0.15, -0.1) is 0 Å². The van der Waals surface area contributed by atoms with Crippen LogP contribution in [0.25, 0.3) is 11.3 Å². The number of carbonyl (C=O) groups excluding carboxylic acids is 1. The molecule has 0 atom stereocenters. The van der Waals surface area contributed by atoms with Crippen LogP contribution < -0.4 is 20.1 Å². The minimum absolute atomic E-state index is 0.174. The van der Waals surface area contributed by atoms with Crippen LogP contribution in [0.15, 0.2) is 60.7 Å². The Balaban J connectivity index is 1.34. The molecule has 6 rings (SSSR count). The van der Waals surface area contributed by atoms with Gasteiger partial charge < -0.3 is 25.0 Å². The number of nitriles is 1. The second-order valence-electron chi connectivity index (χ2n) is 9.55. The van der Waals surface area contributed by atoms with Crippen LogP contribution in [0.4, 0.5) is 11.4 Å². The minimum atomic E-state index is -0.225. The van der Waals surface area contributed by atoms with Gasteiger partial charge in [0, 0.05) is 49.5 Å². The monoisotopic (exact) mass is 493 g/mol. The summed E-state index contributed by atoms with van der Waals surface area (Å²) in [5, 5.41) is 15.7. The van der Waals surface area contributed by atoms with Crippen LogP contribution in [0.2, 0.25) is 0 Å². The van der Waals surface area contributed by atoms with Gasteiger partial charge in [0.1, 0.15) is 0 Å². The van der Waals surface area contributed by atoms with Gasteiger partial charge >= 0.3 is 0 Å². The first-order chi connectivity index (χ1) is 18.1. The Hall–Kier alpha value is -4.32. The molecule has 8 nitrogen and oxygen atoms in total. The molecule has 0 spiro atoms. The summed E-state index contributed by atoms with van der Waals surface area (Å²) in [5.41, 5.74) is 5.96. The van der Waals surface area contributed by atoms with Gasteiger partial charge in [0.25, 0.3) is 5.91 Å². The fourth-order valence-corrected chi connectivity index (χ4v) is 4.92. The molecule has 0 aromatic heterocycles. The molecular weight excluding hydrogens is 466 g/mol. The zero-order valence-corrected chi connectivity index (χ0v) is 20.6. The van der Waals surface area contributed by atoms with Gasteiger partial charge in [0.2, 0.25) is 6.79 Å². The van der Waals surface area contributed by atoms with Gasteiger partial charge in [0.05, 0.1) is 28.6 Å². The predicted molar refractivity (Wildman–Crippen MR) is 142 cm³/mol. The zero-order valence-electron chi connectivity index (χ0n) is 20.6. The van der Waals surface area contributed by atoms with E-state index < -0.39 is 0 Å². The van der Waals surface area contributed by atoms with E-state index in [1.807, 2.05) is 36.4 Å². The third-order valence-corrected chi connectivity index (χ3v) is 7.03. The van der Waals surface area contributed by atoms with Gasteiger partial charge in [-0.2, -0.15) is 5.26 Å². The summed E-state index contributed by atoms with van der Waals surface area (Å²) in [6.07, 6.45) is 0. The third-order valence-electron chi connectivity index (χ3n) is 7.03. The minimum Gasteiger partial charge on any atom is -0.454 e. The Kier molecular flexibility index (Phi) is 6.01. The number of rotatable bonds is 5. The number of nitrogens with zero attached hydrogens (tertiary/aromatic N) is 3. The van der Waals surface area contributed by atoms with Crippen molar-refractivity contribution in [2.24, 2.45) is 0 Å². The number of hydrogen-bond donors (Lipinski definition) is 2. The van der Waals surface area contributed by atoms with E-state index in [2.05, 4.69) is 45.7 Å². The number of benzene rings is 3. The molecule has 1 saturated heterocycles. The van der Waals surface area contributed by atoms with Crippen molar-refractivity contribution in [3.05, 3.63) is 82.9 Å². The molecular formula is C29H27N5O3. The van der Waals surface area contributed by atoms with Gasteiger partial charge in [-0.05, 0) is 55.1 Å². The molecule has 1 amide bonds. The molecule has 37 heavy (non-hydrogen) atoms. The standard InChI is InChI=1S/C29H27N5O3/c1-33-10-12-34(13-11-33)17-19-2-6-22(7-3-19)31-28(21-5-9-25-26(15-21)37-18-36-25)27-23-8-4-20(16-30)14-24(23)32-29(27)35/h2-9,14-15,31H,10-13,17-18H2,1H3,(H,32,35)/b28-27-. The highest BCUT2D eigenvalue weighted by atomic mass is 16.7. The van der Waals surface area contributed by atoms with Crippen molar-refractivity contribution < 1.29 is 14.3 Å². The summed E-state index contributed by atoms with van der Waals surface area (Å²) in [7, 11) is 2.16. The number of amides is 1. The zero-order chi connectivity index (χ0) is 25.4. The van der Waals surface area contributed by atoms with E-state index in [0.717, 1.165) is 49.5 Å². The average Bonchev–Trinajstić information content (AvgIpc) is 3.52. The highest BCUT2D eigenvalue weighted by Crippen LogP contribution is 2.41. The van der Waals surface area contributed by atoms with Crippen LogP contribution >= 0.6 is 0 Å². The largest absolute Gasteiger partial charge is 0.454 e. The molecule has 1 fully saturated rings. The first-order valence-electron chi connectivity index (χ1n) is 12.3. The van der Waals surface area contributed by atoms with Crippen LogP contribution in [-0.2, 0) is 11.3 Å². The topological polar surface area (TPSA) is 89.9 Å². The van der Waals surface area contributed by atoms with Crippen molar-refractivity contribution in [3.63, 3.8) is 0 Å². The van der Waals surface area contributed by atoms with E-state index in [0.29, 0.717) is 34.0 Å². The summed E-state index contributed by atoms with van der Waals surface area (Å²) in [5.74, 6) is 1.09. The van der Waals surface area contributed by atoms with E-state index in [-0.39, 0.29) is 12.7 Å². The van der Waals surface area contributed by atoms with Crippen molar-refractivity contribution in [3.8, 4) is 17.6 Å². The van der Waals surface area contributed by atoms with Crippen molar-refractivity contribution in [2.75, 3.05) is 50.7 Å². The number of nitrogens with one attached hydrogen (secondary N) is 2.